The van der Waals surface area contributed by atoms with Gasteiger partial charge < -0.3 is 5.32 Å². The summed E-state index contributed by atoms with van der Waals surface area (Å²) in [5, 5.41) is 2.79. The van der Waals surface area contributed by atoms with Gasteiger partial charge in [0, 0.05) is 48.7 Å². The Hall–Kier alpha value is -3.33. The lowest BCUT2D eigenvalue weighted by molar-refractivity contribution is 0.0319. The number of carbonyl (C=O) groups excluding carboxylic acids is 1. The highest BCUT2D eigenvalue weighted by atomic mass is 19.1. The fourth-order valence-electron chi connectivity index (χ4n) is 3.74. The van der Waals surface area contributed by atoms with Crippen molar-refractivity contribution in [1.29, 1.82) is 0 Å². The fourth-order valence-corrected chi connectivity index (χ4v) is 3.74. The Bertz CT molecular complexity index is 1160. The van der Waals surface area contributed by atoms with E-state index in [4.69, 9.17) is 0 Å². The van der Waals surface area contributed by atoms with E-state index in [1.807, 2.05) is 25.7 Å². The maximum Gasteiger partial charge on any atom is 0.258 e. The summed E-state index contributed by atoms with van der Waals surface area (Å²) in [4.78, 5) is 27.7. The zero-order chi connectivity index (χ0) is 23.7. The van der Waals surface area contributed by atoms with E-state index < -0.39 is 23.7 Å². The highest BCUT2D eigenvalue weighted by Crippen LogP contribution is 2.37. The first kappa shape index (κ1) is 22.8. The average Bonchev–Trinajstić information content (AvgIpc) is 2.78. The molecule has 1 fully saturated rings. The van der Waals surface area contributed by atoms with Gasteiger partial charge in [-0.3, -0.25) is 14.7 Å². The van der Waals surface area contributed by atoms with E-state index in [0.717, 1.165) is 18.2 Å². The Balaban J connectivity index is 1.76. The van der Waals surface area contributed by atoms with Gasteiger partial charge in [0.2, 0.25) is 0 Å². The Kier molecular flexibility index (Phi) is 6.42. The van der Waals surface area contributed by atoms with Gasteiger partial charge in [0.05, 0.1) is 23.0 Å². The van der Waals surface area contributed by atoms with Crippen LogP contribution in [0.2, 0.25) is 0 Å². The molecular formula is C24H24F3N5O. The predicted octanol–water partition coefficient (Wildman–Crippen LogP) is 4.91. The number of aromatic nitrogens is 3. The number of rotatable bonds is 6. The van der Waals surface area contributed by atoms with Gasteiger partial charge >= 0.3 is 0 Å². The number of likely N-dealkylation sites (tertiary alicyclic amines) is 1. The highest BCUT2D eigenvalue weighted by Gasteiger charge is 2.33. The molecule has 1 aliphatic rings. The number of hydrogen-bond donors (Lipinski definition) is 1. The molecule has 1 atom stereocenters. The molecule has 33 heavy (non-hydrogen) atoms. The second-order valence-corrected chi connectivity index (χ2v) is 8.41. The maximum atomic E-state index is 14.7. The number of nitrogens with one attached hydrogen (secondary N) is 1. The molecule has 0 bridgehead atoms. The van der Waals surface area contributed by atoms with Crippen LogP contribution in [0.25, 0.3) is 11.1 Å². The van der Waals surface area contributed by atoms with Crippen LogP contribution in [0, 0.1) is 11.6 Å². The van der Waals surface area contributed by atoms with Gasteiger partial charge in [-0.2, -0.15) is 0 Å². The van der Waals surface area contributed by atoms with Crippen molar-refractivity contribution in [2.24, 2.45) is 0 Å². The smallest absolute Gasteiger partial charge is 0.258 e. The number of anilines is 1. The highest BCUT2D eigenvalue weighted by molar-refractivity contribution is 6.06. The Labute approximate surface area is 189 Å². The number of alkyl halides is 1. The van der Waals surface area contributed by atoms with Crippen LogP contribution in [0.5, 0.6) is 0 Å². The van der Waals surface area contributed by atoms with Crippen LogP contribution in [0.4, 0.5) is 18.9 Å². The van der Waals surface area contributed by atoms with Crippen molar-refractivity contribution in [3.63, 3.8) is 0 Å². The number of amides is 1. The van der Waals surface area contributed by atoms with Crippen molar-refractivity contribution in [3.05, 3.63) is 71.6 Å². The first-order chi connectivity index (χ1) is 15.7. The van der Waals surface area contributed by atoms with E-state index in [0.29, 0.717) is 11.5 Å². The van der Waals surface area contributed by atoms with E-state index in [1.54, 1.807) is 0 Å². The molecule has 0 aliphatic carbocycles. The van der Waals surface area contributed by atoms with Crippen molar-refractivity contribution in [2.45, 2.75) is 38.9 Å². The van der Waals surface area contributed by atoms with Crippen LogP contribution >= 0.6 is 0 Å². The summed E-state index contributed by atoms with van der Waals surface area (Å²) < 4.78 is 42.1. The van der Waals surface area contributed by atoms with E-state index in [1.165, 1.54) is 24.7 Å². The second-order valence-electron chi connectivity index (χ2n) is 8.41. The Morgan fingerprint density at radius 1 is 1.06 bits per heavy atom. The summed E-state index contributed by atoms with van der Waals surface area (Å²) in [6.45, 7) is 6.18. The molecule has 1 amide bonds. The third-order valence-electron chi connectivity index (χ3n) is 5.70. The molecule has 1 unspecified atom stereocenters. The lowest BCUT2D eigenvalue weighted by Crippen LogP contribution is -2.49. The molecule has 3 aromatic rings. The summed E-state index contributed by atoms with van der Waals surface area (Å²) in [6.07, 6.45) is 3.38. The number of hydrogen-bond acceptors (Lipinski definition) is 5. The van der Waals surface area contributed by atoms with Gasteiger partial charge in [0.25, 0.3) is 5.91 Å². The second kappa shape index (κ2) is 9.27. The Morgan fingerprint density at radius 3 is 2.39 bits per heavy atom. The van der Waals surface area contributed by atoms with Gasteiger partial charge in [0.1, 0.15) is 23.6 Å². The van der Waals surface area contributed by atoms with Crippen LogP contribution in [0.3, 0.4) is 0 Å². The van der Waals surface area contributed by atoms with Crippen LogP contribution in [0.1, 0.15) is 54.6 Å². The minimum atomic E-state index is -0.925. The molecular weight excluding hydrogens is 431 g/mol. The Morgan fingerprint density at radius 2 is 1.76 bits per heavy atom. The third-order valence-corrected chi connectivity index (χ3v) is 5.70. The van der Waals surface area contributed by atoms with E-state index in [-0.39, 0.29) is 47.4 Å². The van der Waals surface area contributed by atoms with Crippen molar-refractivity contribution in [1.82, 2.24) is 19.9 Å². The minimum Gasteiger partial charge on any atom is -0.320 e. The predicted molar refractivity (Wildman–Crippen MR) is 119 cm³/mol. The third kappa shape index (κ3) is 4.73. The molecule has 0 saturated carbocycles. The molecule has 6 nitrogen and oxygen atoms in total. The van der Waals surface area contributed by atoms with Gasteiger partial charge in [-0.05, 0) is 31.2 Å². The molecule has 2 aromatic heterocycles. The SMILES string of the molecule is CC(C)c1ncc(C(=O)Nc2c(-c3cc(F)ccc3F)ccnc2C(C)N2CC(F)C2)cn1. The van der Waals surface area contributed by atoms with Crippen molar-refractivity contribution in [2.75, 3.05) is 18.4 Å². The molecule has 4 rings (SSSR count). The summed E-state index contributed by atoms with van der Waals surface area (Å²) in [6, 6.07) is 4.27. The summed E-state index contributed by atoms with van der Waals surface area (Å²) >= 11 is 0. The van der Waals surface area contributed by atoms with Crippen LogP contribution in [-0.2, 0) is 0 Å². The molecule has 1 aliphatic heterocycles. The molecule has 172 valence electrons. The maximum absolute atomic E-state index is 14.7. The van der Waals surface area contributed by atoms with Gasteiger partial charge in [-0.1, -0.05) is 13.8 Å². The number of carbonyl (C=O) groups is 1. The summed E-state index contributed by atoms with van der Waals surface area (Å²) in [5.41, 5.74) is 1.12. The van der Waals surface area contributed by atoms with Gasteiger partial charge in [0.15, 0.2) is 0 Å². The van der Waals surface area contributed by atoms with E-state index in [9.17, 15) is 18.0 Å². The van der Waals surface area contributed by atoms with E-state index in [2.05, 4.69) is 20.3 Å². The first-order valence-corrected chi connectivity index (χ1v) is 10.7. The largest absolute Gasteiger partial charge is 0.320 e. The number of nitrogens with zero attached hydrogens (tertiary/aromatic N) is 4. The topological polar surface area (TPSA) is 71.0 Å². The minimum absolute atomic E-state index is 0.0143. The quantitative estimate of drug-likeness (QED) is 0.572. The number of pyridine rings is 1. The number of halogens is 3. The lowest BCUT2D eigenvalue weighted by Gasteiger charge is -2.39. The monoisotopic (exact) mass is 455 g/mol. The zero-order valence-electron chi connectivity index (χ0n) is 18.5. The molecule has 3 heterocycles. The standard InChI is InChI=1S/C24H24F3N5O/c1-13(2)23-29-9-15(10-30-23)24(33)31-22-18(19-8-16(25)4-5-20(19)27)6-7-28-21(22)14(3)32-11-17(26)12-32/h4-10,13-14,17H,11-12H2,1-3H3,(H,31,33). The number of benzene rings is 1. The lowest BCUT2D eigenvalue weighted by atomic mass is 9.98. The van der Waals surface area contributed by atoms with E-state index >= 15 is 0 Å². The normalized spacial score (nSPS) is 15.4. The first-order valence-electron chi connectivity index (χ1n) is 10.7. The molecule has 1 N–H and O–H groups in total. The van der Waals surface area contributed by atoms with Crippen LogP contribution < -0.4 is 5.32 Å². The molecule has 0 spiro atoms. The fraction of sp³-hybridized carbons (Fsp3) is 0.333. The van der Waals surface area contributed by atoms with Gasteiger partial charge in [-0.15, -0.1) is 0 Å². The van der Waals surface area contributed by atoms with Crippen molar-refractivity contribution in [3.8, 4) is 11.1 Å². The van der Waals surface area contributed by atoms with Gasteiger partial charge in [-0.25, -0.2) is 23.1 Å². The molecule has 1 saturated heterocycles. The van der Waals surface area contributed by atoms with Crippen molar-refractivity contribution >= 4 is 11.6 Å². The summed E-state index contributed by atoms with van der Waals surface area (Å²) in [7, 11) is 0. The van der Waals surface area contributed by atoms with Crippen LogP contribution in [0.15, 0.2) is 42.9 Å². The summed E-state index contributed by atoms with van der Waals surface area (Å²) in [5.74, 6) is -1.07. The molecule has 9 heteroatoms. The zero-order valence-corrected chi connectivity index (χ0v) is 18.5. The van der Waals surface area contributed by atoms with Crippen molar-refractivity contribution < 1.29 is 18.0 Å². The molecule has 1 aromatic carbocycles. The molecule has 0 radical (unpaired) electrons. The van der Waals surface area contributed by atoms with Crippen LogP contribution in [-0.4, -0.2) is 45.0 Å². The average molecular weight is 455 g/mol.